The minimum atomic E-state index is -4.42. The molecule has 9 heteroatoms. The molecule has 3 N–H and O–H groups in total. The first kappa shape index (κ1) is 23.8. The van der Waals surface area contributed by atoms with Crippen molar-refractivity contribution < 1.29 is 18.0 Å². The zero-order chi connectivity index (χ0) is 24.7. The summed E-state index contributed by atoms with van der Waals surface area (Å²) in [6, 6.07) is 12.3. The van der Waals surface area contributed by atoms with E-state index < -0.39 is 17.3 Å². The fraction of sp³-hybridized carbons (Fsp3) is 0.280. The van der Waals surface area contributed by atoms with Crippen LogP contribution in [0.3, 0.4) is 0 Å². The molecule has 34 heavy (non-hydrogen) atoms. The van der Waals surface area contributed by atoms with Crippen LogP contribution in [-0.4, -0.2) is 11.7 Å². The van der Waals surface area contributed by atoms with Crippen molar-refractivity contribution in [3.63, 3.8) is 0 Å². The van der Waals surface area contributed by atoms with Crippen molar-refractivity contribution in [1.82, 2.24) is 5.32 Å². The molecule has 0 unspecified atom stereocenters. The zero-order valence-corrected chi connectivity index (χ0v) is 19.5. The molecule has 0 spiro atoms. The van der Waals surface area contributed by atoms with E-state index in [1.807, 2.05) is 26.0 Å². The number of nitrogens with one attached hydrogen (secondary N) is 3. The SMILES string of the molecule is Cc1sc(C)c(C(=O)NC2(c3ccc(C(=N)N=N)cc3)CC2)c1Cc1cccc(C(F)(F)F)c1. The molecule has 5 nitrogen and oxygen atoms in total. The molecular formula is C25H23F3N4OS. The van der Waals surface area contributed by atoms with E-state index in [9.17, 15) is 18.0 Å². The van der Waals surface area contributed by atoms with Crippen LogP contribution in [0.15, 0.2) is 53.6 Å². The van der Waals surface area contributed by atoms with Gasteiger partial charge in [-0.15, -0.1) is 16.5 Å². The summed E-state index contributed by atoms with van der Waals surface area (Å²) in [5.41, 5.74) is 8.97. The lowest BCUT2D eigenvalue weighted by molar-refractivity contribution is -0.137. The van der Waals surface area contributed by atoms with Crippen molar-refractivity contribution >= 4 is 23.1 Å². The number of halogens is 3. The molecule has 0 radical (unpaired) electrons. The van der Waals surface area contributed by atoms with Crippen molar-refractivity contribution in [1.29, 1.82) is 10.9 Å². The standard InChI is InChI=1S/C25H23F3N4OS/c1-14-20(13-16-4-3-5-19(12-16)25(26,27)28)21(15(2)34-14)23(33)31-24(10-11-24)18-8-6-17(7-9-18)22(29)32-30/h3-9,12,29-30H,10-11,13H2,1-2H3,(H,31,33). The third kappa shape index (κ3) is 4.65. The van der Waals surface area contributed by atoms with E-state index in [2.05, 4.69) is 10.4 Å². The molecular weight excluding hydrogens is 461 g/mol. The van der Waals surface area contributed by atoms with E-state index in [0.717, 1.165) is 45.9 Å². The largest absolute Gasteiger partial charge is 0.416 e. The van der Waals surface area contributed by atoms with E-state index in [4.69, 9.17) is 10.9 Å². The van der Waals surface area contributed by atoms with Crippen LogP contribution in [0.2, 0.25) is 0 Å². The third-order valence-corrected chi connectivity index (χ3v) is 7.24. The molecule has 1 fully saturated rings. The Balaban J connectivity index is 1.59. The molecule has 1 saturated carbocycles. The van der Waals surface area contributed by atoms with Gasteiger partial charge in [-0.2, -0.15) is 13.2 Å². The quantitative estimate of drug-likeness (QED) is 0.202. The average molecular weight is 485 g/mol. The van der Waals surface area contributed by atoms with Gasteiger partial charge in [0.05, 0.1) is 16.7 Å². The molecule has 1 aliphatic rings. The summed E-state index contributed by atoms with van der Waals surface area (Å²) in [4.78, 5) is 15.1. The second-order valence-corrected chi connectivity index (χ2v) is 9.95. The van der Waals surface area contributed by atoms with Gasteiger partial charge in [0.2, 0.25) is 0 Å². The van der Waals surface area contributed by atoms with E-state index in [1.165, 1.54) is 17.4 Å². The number of carbonyl (C=O) groups is 1. The molecule has 1 aliphatic carbocycles. The zero-order valence-electron chi connectivity index (χ0n) is 18.6. The van der Waals surface area contributed by atoms with Crippen molar-refractivity contribution in [2.75, 3.05) is 0 Å². The summed E-state index contributed by atoms with van der Waals surface area (Å²) in [6.07, 6.45) is -2.65. The molecule has 0 saturated heterocycles. The van der Waals surface area contributed by atoms with Crippen LogP contribution in [0.1, 0.15) is 60.8 Å². The number of nitrogens with zero attached hydrogens (tertiary/aromatic N) is 1. The van der Waals surface area contributed by atoms with Crippen LogP contribution >= 0.6 is 11.3 Å². The first-order valence-corrected chi connectivity index (χ1v) is 11.5. The first-order valence-electron chi connectivity index (χ1n) is 10.7. The number of alkyl halides is 3. The number of hydrogen-bond acceptors (Lipinski definition) is 4. The minimum Gasteiger partial charge on any atom is -0.342 e. The highest BCUT2D eigenvalue weighted by Gasteiger charge is 2.46. The van der Waals surface area contributed by atoms with E-state index in [-0.39, 0.29) is 18.2 Å². The number of amidine groups is 1. The Labute approximate surface area is 199 Å². The number of benzene rings is 2. The van der Waals surface area contributed by atoms with Crippen LogP contribution < -0.4 is 5.32 Å². The highest BCUT2D eigenvalue weighted by Crippen LogP contribution is 2.46. The first-order chi connectivity index (χ1) is 16.0. The summed E-state index contributed by atoms with van der Waals surface area (Å²) >= 11 is 1.47. The average Bonchev–Trinajstić information content (AvgIpc) is 3.52. The van der Waals surface area contributed by atoms with Gasteiger partial charge in [-0.3, -0.25) is 10.2 Å². The van der Waals surface area contributed by atoms with E-state index >= 15 is 0 Å². The predicted octanol–water partition coefficient (Wildman–Crippen LogP) is 6.75. The summed E-state index contributed by atoms with van der Waals surface area (Å²) in [5.74, 6) is -0.372. The number of thiophene rings is 1. The van der Waals surface area contributed by atoms with Gasteiger partial charge in [0.25, 0.3) is 5.91 Å². The fourth-order valence-corrected chi connectivity index (χ4v) is 5.28. The number of aryl methyl sites for hydroxylation is 2. The Morgan fingerprint density at radius 1 is 1.12 bits per heavy atom. The lowest BCUT2D eigenvalue weighted by Crippen LogP contribution is -2.35. The number of rotatable bonds is 6. The second kappa shape index (κ2) is 8.79. The molecule has 176 valence electrons. The maximum absolute atomic E-state index is 13.4. The molecule has 1 amide bonds. The molecule has 1 aromatic heterocycles. The Hall–Kier alpha value is -3.33. The number of carbonyl (C=O) groups excluding carboxylic acids is 1. The van der Waals surface area contributed by atoms with Gasteiger partial charge in [-0.1, -0.05) is 42.5 Å². The minimum absolute atomic E-state index is 0.135. The highest BCUT2D eigenvalue weighted by molar-refractivity contribution is 7.12. The summed E-state index contributed by atoms with van der Waals surface area (Å²) in [6.45, 7) is 3.74. The van der Waals surface area contributed by atoms with Gasteiger partial charge in [0, 0.05) is 15.3 Å². The van der Waals surface area contributed by atoms with Crippen molar-refractivity contribution in [2.45, 2.75) is 44.8 Å². The van der Waals surface area contributed by atoms with E-state index in [0.29, 0.717) is 16.7 Å². The lowest BCUT2D eigenvalue weighted by Gasteiger charge is -2.19. The molecule has 0 aliphatic heterocycles. The lowest BCUT2D eigenvalue weighted by atomic mass is 9.97. The smallest absolute Gasteiger partial charge is 0.342 e. The Morgan fingerprint density at radius 2 is 1.79 bits per heavy atom. The molecule has 2 aromatic carbocycles. The predicted molar refractivity (Wildman–Crippen MR) is 125 cm³/mol. The third-order valence-electron chi connectivity index (χ3n) is 6.17. The number of hydrogen-bond donors (Lipinski definition) is 3. The fourth-order valence-electron chi connectivity index (χ4n) is 4.20. The highest BCUT2D eigenvalue weighted by atomic mass is 32.1. The molecule has 4 rings (SSSR count). The molecule has 3 aromatic rings. The van der Waals surface area contributed by atoms with Gasteiger partial charge in [0.1, 0.15) is 0 Å². The maximum atomic E-state index is 13.4. The van der Waals surface area contributed by atoms with Crippen LogP contribution in [-0.2, 0) is 18.1 Å². The van der Waals surface area contributed by atoms with E-state index in [1.54, 1.807) is 18.2 Å². The Kier molecular flexibility index (Phi) is 6.16. The summed E-state index contributed by atoms with van der Waals surface area (Å²) in [5, 5.41) is 13.9. The summed E-state index contributed by atoms with van der Waals surface area (Å²) in [7, 11) is 0. The second-order valence-electron chi connectivity index (χ2n) is 8.52. The van der Waals surface area contributed by atoms with Crippen LogP contribution in [0.25, 0.3) is 0 Å². The van der Waals surface area contributed by atoms with Crippen molar-refractivity contribution in [3.05, 3.63) is 91.7 Å². The molecule has 0 atom stereocenters. The Morgan fingerprint density at radius 3 is 2.38 bits per heavy atom. The molecule has 1 heterocycles. The van der Waals surface area contributed by atoms with Gasteiger partial charge in [-0.05, 0) is 55.9 Å². The van der Waals surface area contributed by atoms with Crippen LogP contribution in [0, 0.1) is 24.8 Å². The topological polar surface area (TPSA) is 89.2 Å². The van der Waals surface area contributed by atoms with Crippen LogP contribution in [0.4, 0.5) is 13.2 Å². The van der Waals surface area contributed by atoms with Crippen molar-refractivity contribution in [3.8, 4) is 0 Å². The normalized spacial score (nSPS) is 14.5. The Bertz CT molecular complexity index is 1270. The van der Waals surface area contributed by atoms with Gasteiger partial charge in [-0.25, -0.2) is 5.53 Å². The van der Waals surface area contributed by atoms with Crippen molar-refractivity contribution in [2.24, 2.45) is 5.11 Å². The monoisotopic (exact) mass is 484 g/mol. The maximum Gasteiger partial charge on any atom is 0.416 e. The molecule has 0 bridgehead atoms. The van der Waals surface area contributed by atoms with Gasteiger partial charge < -0.3 is 5.32 Å². The van der Waals surface area contributed by atoms with Crippen LogP contribution in [0.5, 0.6) is 0 Å². The van der Waals surface area contributed by atoms with Gasteiger partial charge >= 0.3 is 6.18 Å². The number of amides is 1. The van der Waals surface area contributed by atoms with Gasteiger partial charge in [0.15, 0.2) is 5.84 Å². The summed E-state index contributed by atoms with van der Waals surface area (Å²) < 4.78 is 39.5.